The number of urea groups is 1. The van der Waals surface area contributed by atoms with Crippen molar-refractivity contribution in [2.24, 2.45) is 17.2 Å². The fraction of sp³-hybridized carbons (Fsp3) is 0.500. The number of carbonyl (C=O) groups excluding carboxylic acids is 2. The van der Waals surface area contributed by atoms with Gasteiger partial charge in [-0.2, -0.15) is 0 Å². The quantitative estimate of drug-likeness (QED) is 0.393. The Morgan fingerprint density at radius 1 is 1.27 bits per heavy atom. The van der Waals surface area contributed by atoms with E-state index in [1.54, 1.807) is 6.92 Å². The van der Waals surface area contributed by atoms with Crippen LogP contribution in [0.1, 0.15) is 6.92 Å². The van der Waals surface area contributed by atoms with Crippen LogP contribution in [0, 0.1) is 0 Å². The SMILES string of the molecule is CCOC(N)=O.NC(N)=O.[SiH4]. The smallest absolute Gasteiger partial charge is 0.404 e. The predicted molar refractivity (Wildman–Crippen MR) is 46.3 cm³/mol. The van der Waals surface area contributed by atoms with E-state index in [0.29, 0.717) is 6.61 Å². The van der Waals surface area contributed by atoms with Crippen molar-refractivity contribution >= 4 is 23.1 Å². The minimum Gasteiger partial charge on any atom is -0.450 e. The molecule has 0 aliphatic rings. The highest BCUT2D eigenvalue weighted by Crippen LogP contribution is 1.66. The van der Waals surface area contributed by atoms with Crippen LogP contribution < -0.4 is 17.2 Å². The van der Waals surface area contributed by atoms with E-state index in [-0.39, 0.29) is 11.0 Å². The van der Waals surface area contributed by atoms with E-state index in [1.807, 2.05) is 0 Å². The van der Waals surface area contributed by atoms with E-state index in [4.69, 9.17) is 4.79 Å². The molecule has 0 aromatic heterocycles. The Hall–Kier alpha value is -1.24. The summed E-state index contributed by atoms with van der Waals surface area (Å²) in [5, 5.41) is 0. The van der Waals surface area contributed by atoms with Crippen LogP contribution in [0.2, 0.25) is 0 Å². The van der Waals surface area contributed by atoms with Gasteiger partial charge < -0.3 is 21.9 Å². The van der Waals surface area contributed by atoms with Crippen molar-refractivity contribution in [1.29, 1.82) is 0 Å². The molecule has 0 aliphatic carbocycles. The van der Waals surface area contributed by atoms with E-state index in [2.05, 4.69) is 21.9 Å². The third kappa shape index (κ3) is 130. The van der Waals surface area contributed by atoms with Gasteiger partial charge in [-0.3, -0.25) is 0 Å². The van der Waals surface area contributed by atoms with Gasteiger partial charge in [-0.25, -0.2) is 9.59 Å². The van der Waals surface area contributed by atoms with Gasteiger partial charge in [0.15, 0.2) is 0 Å². The molecule has 11 heavy (non-hydrogen) atoms. The molecule has 0 unspecified atom stereocenters. The Kier molecular flexibility index (Phi) is 17.2. The first kappa shape index (κ1) is 16.4. The van der Waals surface area contributed by atoms with Crippen molar-refractivity contribution in [2.45, 2.75) is 6.92 Å². The maximum atomic E-state index is 9.60. The summed E-state index contributed by atoms with van der Waals surface area (Å²) in [6.07, 6.45) is -0.711. The molecule has 0 heterocycles. The molecule has 0 aromatic carbocycles. The minimum absolute atomic E-state index is 0. The van der Waals surface area contributed by atoms with Gasteiger partial charge in [0, 0.05) is 0 Å². The van der Waals surface area contributed by atoms with Gasteiger partial charge in [-0.1, -0.05) is 0 Å². The molecule has 7 heteroatoms. The van der Waals surface area contributed by atoms with Crippen LogP contribution in [0.25, 0.3) is 0 Å². The molecule has 6 N–H and O–H groups in total. The second kappa shape index (κ2) is 11.5. The average Bonchev–Trinajstić information content (AvgIpc) is 1.62. The zero-order valence-corrected chi connectivity index (χ0v) is 5.66. The number of nitrogens with two attached hydrogens (primary N) is 3. The lowest BCUT2D eigenvalue weighted by Crippen LogP contribution is -2.18. The van der Waals surface area contributed by atoms with Gasteiger partial charge >= 0.3 is 12.1 Å². The maximum absolute atomic E-state index is 9.60. The summed E-state index contributed by atoms with van der Waals surface area (Å²) in [6.45, 7) is 2.06. The molecule has 0 aliphatic heterocycles. The fourth-order valence-electron chi connectivity index (χ4n) is 0.142. The van der Waals surface area contributed by atoms with Crippen molar-refractivity contribution < 1.29 is 14.3 Å². The number of hydrogen-bond acceptors (Lipinski definition) is 3. The summed E-state index contributed by atoms with van der Waals surface area (Å²) in [5.41, 5.74) is 13.0. The summed E-state index contributed by atoms with van der Waals surface area (Å²) in [5.74, 6) is 0. The summed E-state index contributed by atoms with van der Waals surface area (Å²) < 4.78 is 4.18. The van der Waals surface area contributed by atoms with E-state index in [0.717, 1.165) is 0 Å². The molecular weight excluding hydrogens is 166 g/mol. The average molecular weight is 181 g/mol. The topological polar surface area (TPSA) is 121 Å². The highest BCUT2D eigenvalue weighted by Gasteiger charge is 1.82. The number of primary amides is 3. The van der Waals surface area contributed by atoms with Crippen LogP contribution in [0.5, 0.6) is 0 Å². The molecule has 0 bridgehead atoms. The molecule has 0 saturated heterocycles. The molecule has 3 amide bonds. The number of ether oxygens (including phenoxy) is 1. The first-order valence-corrected chi connectivity index (χ1v) is 2.47. The van der Waals surface area contributed by atoms with E-state index in [9.17, 15) is 4.79 Å². The standard InChI is InChI=1S/C3H7NO2.CH4N2O.H4Si/c1-2-6-3(4)5;2-1(3)4;/h2H2,1H3,(H2,4,5);(H4,2,3,4);1H4. The third-order valence-electron chi connectivity index (χ3n) is 0.287. The van der Waals surface area contributed by atoms with Crippen molar-refractivity contribution in [3.63, 3.8) is 0 Å². The molecule has 0 saturated carbocycles. The van der Waals surface area contributed by atoms with Gasteiger partial charge in [0.25, 0.3) is 0 Å². The molecule has 0 atom stereocenters. The van der Waals surface area contributed by atoms with E-state index in [1.165, 1.54) is 0 Å². The fourth-order valence-corrected chi connectivity index (χ4v) is 0.142. The molecular formula is C4H15N3O3Si. The lowest BCUT2D eigenvalue weighted by Gasteiger charge is -1.89. The second-order valence-corrected chi connectivity index (χ2v) is 1.15. The maximum Gasteiger partial charge on any atom is 0.404 e. The van der Waals surface area contributed by atoms with Gasteiger partial charge in [0.2, 0.25) is 0 Å². The first-order chi connectivity index (χ1) is 4.50. The second-order valence-electron chi connectivity index (χ2n) is 1.15. The molecule has 0 rings (SSSR count). The summed E-state index contributed by atoms with van der Waals surface area (Å²) in [6, 6.07) is -0.833. The highest BCUT2D eigenvalue weighted by molar-refractivity contribution is 5.75. The van der Waals surface area contributed by atoms with Crippen molar-refractivity contribution in [1.82, 2.24) is 0 Å². The molecule has 68 valence electrons. The van der Waals surface area contributed by atoms with Crippen LogP contribution in [0.4, 0.5) is 9.59 Å². The Labute approximate surface area is 69.1 Å². The van der Waals surface area contributed by atoms with Crippen LogP contribution >= 0.6 is 0 Å². The van der Waals surface area contributed by atoms with Crippen molar-refractivity contribution in [2.75, 3.05) is 6.61 Å². The summed E-state index contributed by atoms with van der Waals surface area (Å²) in [7, 11) is 0. The normalized spacial score (nSPS) is 6.27. The zero-order chi connectivity index (χ0) is 8.57. The van der Waals surface area contributed by atoms with Crippen LogP contribution in [0.15, 0.2) is 0 Å². The summed E-state index contributed by atoms with van der Waals surface area (Å²) >= 11 is 0. The van der Waals surface area contributed by atoms with Crippen molar-refractivity contribution in [3.8, 4) is 0 Å². The highest BCUT2D eigenvalue weighted by atomic mass is 28.1. The predicted octanol–water partition coefficient (Wildman–Crippen LogP) is -2.33. The minimum atomic E-state index is -0.833. The Bertz CT molecular complexity index is 115. The van der Waals surface area contributed by atoms with Crippen LogP contribution in [0.3, 0.4) is 0 Å². The van der Waals surface area contributed by atoms with Crippen LogP contribution in [-0.2, 0) is 4.74 Å². The van der Waals surface area contributed by atoms with Gasteiger partial charge in [-0.05, 0) is 17.9 Å². The Morgan fingerprint density at radius 3 is 1.55 bits per heavy atom. The molecule has 0 aromatic rings. The van der Waals surface area contributed by atoms with Gasteiger partial charge in [0.1, 0.15) is 0 Å². The number of rotatable bonds is 1. The first-order valence-electron chi connectivity index (χ1n) is 2.47. The van der Waals surface area contributed by atoms with Gasteiger partial charge in [-0.15, -0.1) is 0 Å². The largest absolute Gasteiger partial charge is 0.450 e. The molecule has 0 spiro atoms. The Balaban J connectivity index is -0.000000114. The lowest BCUT2D eigenvalue weighted by atomic mass is 10.9. The number of hydrogen-bond donors (Lipinski definition) is 3. The monoisotopic (exact) mass is 181 g/mol. The van der Waals surface area contributed by atoms with Crippen LogP contribution in [-0.4, -0.2) is 29.7 Å². The number of amides is 3. The van der Waals surface area contributed by atoms with E-state index < -0.39 is 12.1 Å². The van der Waals surface area contributed by atoms with E-state index >= 15 is 0 Å². The zero-order valence-electron chi connectivity index (χ0n) is 5.66. The van der Waals surface area contributed by atoms with Gasteiger partial charge in [0.05, 0.1) is 6.61 Å². The lowest BCUT2D eigenvalue weighted by molar-refractivity contribution is 0.163. The van der Waals surface area contributed by atoms with Crippen molar-refractivity contribution in [3.05, 3.63) is 0 Å². The third-order valence-corrected chi connectivity index (χ3v) is 0.287. The Morgan fingerprint density at radius 2 is 1.55 bits per heavy atom. The number of carbonyl (C=O) groups is 2. The molecule has 0 radical (unpaired) electrons. The molecule has 6 nitrogen and oxygen atoms in total. The summed E-state index contributed by atoms with van der Waals surface area (Å²) in [4.78, 5) is 18.6. The molecule has 0 fully saturated rings.